The van der Waals surface area contributed by atoms with E-state index in [9.17, 15) is 9.59 Å². The number of aromatic nitrogens is 3. The average molecular weight is 338 g/mol. The summed E-state index contributed by atoms with van der Waals surface area (Å²) in [6.45, 7) is 6.54. The highest BCUT2D eigenvalue weighted by Gasteiger charge is 2.23. The maximum Gasteiger partial charge on any atom is 0.328 e. The third-order valence-electron chi connectivity index (χ3n) is 3.28. The monoisotopic (exact) mass is 337 g/mol. The average Bonchev–Trinajstić information content (AvgIpc) is 2.68. The Morgan fingerprint density at radius 3 is 2.50 bits per heavy atom. The third-order valence-corrected chi connectivity index (χ3v) is 3.77. The summed E-state index contributed by atoms with van der Waals surface area (Å²) in [5.41, 5.74) is 1.29. The quantitative estimate of drug-likeness (QED) is 0.805. The molecule has 0 unspecified atom stereocenters. The van der Waals surface area contributed by atoms with Gasteiger partial charge in [0, 0.05) is 29.5 Å². The van der Waals surface area contributed by atoms with E-state index in [0.29, 0.717) is 30.2 Å². The molecule has 2 heterocycles. The van der Waals surface area contributed by atoms with Gasteiger partial charge in [0.2, 0.25) is 5.78 Å². The maximum atomic E-state index is 12.6. The van der Waals surface area contributed by atoms with Crippen LogP contribution in [0.15, 0.2) is 27.6 Å². The Bertz CT molecular complexity index is 716. The van der Waals surface area contributed by atoms with Gasteiger partial charge < -0.3 is 0 Å². The van der Waals surface area contributed by atoms with Gasteiger partial charge in [-0.05, 0) is 32.9 Å². The van der Waals surface area contributed by atoms with Gasteiger partial charge in [-0.25, -0.2) is 4.79 Å². The van der Waals surface area contributed by atoms with E-state index in [1.54, 1.807) is 29.8 Å². The van der Waals surface area contributed by atoms with Gasteiger partial charge in [-0.1, -0.05) is 15.9 Å². The topological polar surface area (TPSA) is 56.9 Å². The summed E-state index contributed by atoms with van der Waals surface area (Å²) in [7, 11) is 0. The van der Waals surface area contributed by atoms with Gasteiger partial charge in [-0.15, -0.1) is 0 Å². The molecule has 0 atom stereocenters. The fourth-order valence-electron chi connectivity index (χ4n) is 2.31. The lowest BCUT2D eigenvalue weighted by Gasteiger charge is -2.05. The number of imidazole rings is 1. The van der Waals surface area contributed by atoms with Crippen LogP contribution in [0.25, 0.3) is 0 Å². The minimum atomic E-state index is -0.227. The first kappa shape index (κ1) is 14.7. The van der Waals surface area contributed by atoms with Crippen molar-refractivity contribution >= 4 is 21.7 Å². The van der Waals surface area contributed by atoms with Crippen molar-refractivity contribution in [3.63, 3.8) is 0 Å². The molecule has 2 rings (SSSR count). The van der Waals surface area contributed by atoms with Crippen molar-refractivity contribution in [1.82, 2.24) is 14.1 Å². The highest BCUT2D eigenvalue weighted by molar-refractivity contribution is 9.10. The number of pyridine rings is 1. The Morgan fingerprint density at radius 2 is 1.95 bits per heavy atom. The summed E-state index contributed by atoms with van der Waals surface area (Å²) < 4.78 is 3.90. The van der Waals surface area contributed by atoms with Gasteiger partial charge >= 0.3 is 5.69 Å². The summed E-state index contributed by atoms with van der Waals surface area (Å²) in [5, 5.41) is 0. The molecular weight excluding hydrogens is 322 g/mol. The van der Waals surface area contributed by atoms with E-state index in [-0.39, 0.29) is 11.5 Å². The molecule has 2 aromatic rings. The molecule has 0 amide bonds. The SMILES string of the molecule is CCn1c(C)c(C(=O)c2cc(Br)ccn2)n(CC)c1=O. The third kappa shape index (κ3) is 2.35. The van der Waals surface area contributed by atoms with Crippen LogP contribution in [0.1, 0.15) is 35.7 Å². The van der Waals surface area contributed by atoms with Crippen molar-refractivity contribution in [2.24, 2.45) is 0 Å². The molecule has 106 valence electrons. The number of ketones is 1. The van der Waals surface area contributed by atoms with Crippen LogP contribution in [0.2, 0.25) is 0 Å². The largest absolute Gasteiger partial charge is 0.328 e. The van der Waals surface area contributed by atoms with Gasteiger partial charge in [-0.3, -0.25) is 18.9 Å². The lowest BCUT2D eigenvalue weighted by molar-refractivity contribution is 0.102. The molecule has 0 saturated carbocycles. The van der Waals surface area contributed by atoms with Gasteiger partial charge in [0.15, 0.2) is 0 Å². The zero-order valence-corrected chi connectivity index (χ0v) is 13.3. The molecule has 0 aliphatic rings. The molecule has 0 aliphatic heterocycles. The number of hydrogen-bond donors (Lipinski definition) is 0. The zero-order valence-electron chi connectivity index (χ0n) is 11.7. The van der Waals surface area contributed by atoms with Crippen LogP contribution < -0.4 is 5.69 Å². The molecule has 0 fully saturated rings. The highest BCUT2D eigenvalue weighted by atomic mass is 79.9. The standard InChI is InChI=1S/C14H16BrN3O2/c1-4-17-9(3)12(18(5-2)14(17)20)13(19)11-8-10(15)6-7-16-11/h6-8H,4-5H2,1-3H3. The van der Waals surface area contributed by atoms with Crippen molar-refractivity contribution in [3.05, 3.63) is 50.4 Å². The minimum Gasteiger partial charge on any atom is -0.296 e. The number of nitrogens with zero attached hydrogens (tertiary/aromatic N) is 3. The summed E-state index contributed by atoms with van der Waals surface area (Å²) >= 11 is 3.32. The molecule has 0 aromatic carbocycles. The van der Waals surface area contributed by atoms with E-state index in [4.69, 9.17) is 0 Å². The van der Waals surface area contributed by atoms with Crippen LogP contribution in [-0.4, -0.2) is 19.9 Å². The molecule has 5 nitrogen and oxygen atoms in total. The molecule has 6 heteroatoms. The summed E-state index contributed by atoms with van der Waals surface area (Å²) in [6, 6.07) is 3.42. The first-order chi connectivity index (χ1) is 9.51. The molecule has 20 heavy (non-hydrogen) atoms. The Morgan fingerprint density at radius 1 is 1.30 bits per heavy atom. The molecule has 0 aliphatic carbocycles. The number of hydrogen-bond acceptors (Lipinski definition) is 3. The number of rotatable bonds is 4. The second-order valence-electron chi connectivity index (χ2n) is 4.39. The normalized spacial score (nSPS) is 10.8. The van der Waals surface area contributed by atoms with Crippen LogP contribution in [0.5, 0.6) is 0 Å². The Balaban J connectivity index is 2.63. The van der Waals surface area contributed by atoms with E-state index in [1.807, 2.05) is 13.8 Å². The van der Waals surface area contributed by atoms with Gasteiger partial charge in [0.1, 0.15) is 11.4 Å². The summed E-state index contributed by atoms with van der Waals surface area (Å²) in [4.78, 5) is 28.9. The van der Waals surface area contributed by atoms with E-state index in [0.717, 1.165) is 4.47 Å². The molecule has 0 saturated heterocycles. The van der Waals surface area contributed by atoms with Crippen LogP contribution in [0, 0.1) is 6.92 Å². The molecule has 0 spiro atoms. The van der Waals surface area contributed by atoms with Crippen LogP contribution in [-0.2, 0) is 13.1 Å². The first-order valence-corrected chi connectivity index (χ1v) is 7.26. The van der Waals surface area contributed by atoms with Crippen molar-refractivity contribution in [2.75, 3.05) is 0 Å². The second-order valence-corrected chi connectivity index (χ2v) is 5.31. The van der Waals surface area contributed by atoms with E-state index in [2.05, 4.69) is 20.9 Å². The fraction of sp³-hybridized carbons (Fsp3) is 0.357. The fourth-order valence-corrected chi connectivity index (χ4v) is 2.65. The molecule has 0 radical (unpaired) electrons. The van der Waals surface area contributed by atoms with Crippen molar-refractivity contribution in [3.8, 4) is 0 Å². The molecule has 2 aromatic heterocycles. The van der Waals surface area contributed by atoms with Gasteiger partial charge in [0.25, 0.3) is 0 Å². The number of carbonyl (C=O) groups is 1. The first-order valence-electron chi connectivity index (χ1n) is 6.47. The van der Waals surface area contributed by atoms with Crippen molar-refractivity contribution in [1.29, 1.82) is 0 Å². The predicted molar refractivity (Wildman–Crippen MR) is 80.1 cm³/mol. The number of halogens is 1. The molecule has 0 bridgehead atoms. The highest BCUT2D eigenvalue weighted by Crippen LogP contribution is 2.15. The second kappa shape index (κ2) is 5.75. The van der Waals surface area contributed by atoms with Crippen LogP contribution in [0.3, 0.4) is 0 Å². The van der Waals surface area contributed by atoms with Gasteiger partial charge in [0.05, 0.1) is 0 Å². The smallest absolute Gasteiger partial charge is 0.296 e. The Kier molecular flexibility index (Phi) is 4.23. The summed E-state index contributed by atoms with van der Waals surface area (Å²) in [6.07, 6.45) is 1.57. The van der Waals surface area contributed by atoms with Crippen molar-refractivity contribution < 1.29 is 4.79 Å². The van der Waals surface area contributed by atoms with E-state index >= 15 is 0 Å². The van der Waals surface area contributed by atoms with Crippen molar-refractivity contribution in [2.45, 2.75) is 33.9 Å². The summed E-state index contributed by atoms with van der Waals surface area (Å²) in [5.74, 6) is -0.227. The van der Waals surface area contributed by atoms with Gasteiger partial charge in [-0.2, -0.15) is 0 Å². The number of carbonyl (C=O) groups excluding carboxylic acids is 1. The lowest BCUT2D eigenvalue weighted by atomic mass is 10.1. The van der Waals surface area contributed by atoms with Crippen LogP contribution in [0.4, 0.5) is 0 Å². The predicted octanol–water partition coefficient (Wildman–Crippen LogP) is 2.39. The van der Waals surface area contributed by atoms with E-state index in [1.165, 1.54) is 4.57 Å². The van der Waals surface area contributed by atoms with Crippen LogP contribution >= 0.6 is 15.9 Å². The maximum absolute atomic E-state index is 12.6. The molecular formula is C14H16BrN3O2. The minimum absolute atomic E-state index is 0.147. The lowest BCUT2D eigenvalue weighted by Crippen LogP contribution is -2.25. The zero-order chi connectivity index (χ0) is 14.9. The molecule has 0 N–H and O–H groups in total. The Labute approximate surface area is 125 Å². The Hall–Kier alpha value is -1.69. The van der Waals surface area contributed by atoms with E-state index < -0.39 is 0 Å².